The highest BCUT2D eigenvalue weighted by atomic mass is 35.5. The Morgan fingerprint density at radius 2 is 2.20 bits per heavy atom. The summed E-state index contributed by atoms with van der Waals surface area (Å²) in [5.74, 6) is 0.0732. The Labute approximate surface area is 97.9 Å². The first-order valence-corrected chi connectivity index (χ1v) is 5.43. The van der Waals surface area contributed by atoms with Gasteiger partial charge in [0, 0.05) is 17.1 Å². The van der Waals surface area contributed by atoms with Gasteiger partial charge in [-0.1, -0.05) is 23.2 Å². The first-order valence-electron chi connectivity index (χ1n) is 4.67. The van der Waals surface area contributed by atoms with E-state index in [0.29, 0.717) is 23.8 Å². The van der Waals surface area contributed by atoms with Crippen LogP contribution in [0.3, 0.4) is 0 Å². The molecule has 0 radical (unpaired) electrons. The van der Waals surface area contributed by atoms with Gasteiger partial charge in [-0.15, -0.1) is 0 Å². The molecule has 82 valence electrons. The molecule has 3 nitrogen and oxygen atoms in total. The molecule has 0 spiro atoms. The fraction of sp³-hybridized carbons (Fsp3) is 0.400. The number of morpholine rings is 1. The molecule has 1 aromatic carbocycles. The molecule has 1 saturated heterocycles. The molecule has 0 saturated carbocycles. The van der Waals surface area contributed by atoms with Gasteiger partial charge < -0.3 is 15.2 Å². The van der Waals surface area contributed by atoms with Gasteiger partial charge >= 0.3 is 0 Å². The van der Waals surface area contributed by atoms with Crippen molar-refractivity contribution < 1.29 is 9.84 Å². The van der Waals surface area contributed by atoms with Crippen LogP contribution in [0.2, 0.25) is 10.0 Å². The van der Waals surface area contributed by atoms with Crippen molar-refractivity contribution in [2.24, 2.45) is 0 Å². The number of rotatable bonds is 1. The highest BCUT2D eigenvalue weighted by molar-refractivity contribution is 6.35. The summed E-state index contributed by atoms with van der Waals surface area (Å²) >= 11 is 11.7. The number of hydrogen-bond donors (Lipinski definition) is 2. The van der Waals surface area contributed by atoms with E-state index in [4.69, 9.17) is 27.9 Å². The summed E-state index contributed by atoms with van der Waals surface area (Å²) < 4.78 is 5.31. The Balaban J connectivity index is 2.33. The molecule has 0 unspecified atom stereocenters. The summed E-state index contributed by atoms with van der Waals surface area (Å²) in [6, 6.07) is 3.18. The molecule has 2 rings (SSSR count). The van der Waals surface area contributed by atoms with E-state index in [1.54, 1.807) is 6.07 Å². The Morgan fingerprint density at radius 3 is 2.87 bits per heavy atom. The molecule has 1 aliphatic heterocycles. The van der Waals surface area contributed by atoms with E-state index in [9.17, 15) is 5.11 Å². The van der Waals surface area contributed by atoms with E-state index < -0.39 is 0 Å². The third-order valence-corrected chi connectivity index (χ3v) is 2.86. The van der Waals surface area contributed by atoms with E-state index in [1.807, 2.05) is 0 Å². The van der Waals surface area contributed by atoms with Gasteiger partial charge in [0.05, 0.1) is 24.3 Å². The molecule has 0 bridgehead atoms. The van der Waals surface area contributed by atoms with Gasteiger partial charge in [0.2, 0.25) is 0 Å². The van der Waals surface area contributed by atoms with Crippen LogP contribution in [0.15, 0.2) is 12.1 Å². The van der Waals surface area contributed by atoms with Crippen LogP contribution in [0, 0.1) is 0 Å². The zero-order chi connectivity index (χ0) is 10.8. The molecular weight excluding hydrogens is 237 g/mol. The Kier molecular flexibility index (Phi) is 3.36. The van der Waals surface area contributed by atoms with Gasteiger partial charge in [0.1, 0.15) is 5.75 Å². The molecule has 1 aromatic rings. The second kappa shape index (κ2) is 4.58. The fourth-order valence-electron chi connectivity index (χ4n) is 1.62. The Bertz CT molecular complexity index is 365. The molecule has 1 heterocycles. The molecule has 2 N–H and O–H groups in total. The van der Waals surface area contributed by atoms with Crippen molar-refractivity contribution in [1.29, 1.82) is 0 Å². The normalized spacial score (nSPS) is 21.6. The first kappa shape index (κ1) is 11.0. The zero-order valence-corrected chi connectivity index (χ0v) is 9.48. The van der Waals surface area contributed by atoms with E-state index >= 15 is 0 Å². The van der Waals surface area contributed by atoms with E-state index in [-0.39, 0.29) is 16.8 Å². The molecule has 0 aliphatic carbocycles. The van der Waals surface area contributed by atoms with E-state index in [1.165, 1.54) is 6.07 Å². The Hall–Kier alpha value is -0.480. The average Bonchev–Trinajstić information content (AvgIpc) is 2.24. The number of aromatic hydroxyl groups is 1. The molecule has 15 heavy (non-hydrogen) atoms. The van der Waals surface area contributed by atoms with Crippen molar-refractivity contribution in [3.8, 4) is 5.75 Å². The van der Waals surface area contributed by atoms with Gasteiger partial charge in [-0.25, -0.2) is 0 Å². The maximum Gasteiger partial charge on any atom is 0.139 e. The lowest BCUT2D eigenvalue weighted by atomic mass is 10.1. The van der Waals surface area contributed by atoms with Crippen molar-refractivity contribution in [2.75, 3.05) is 19.8 Å². The molecule has 0 amide bonds. The highest BCUT2D eigenvalue weighted by Gasteiger charge is 2.20. The van der Waals surface area contributed by atoms with Crippen molar-refractivity contribution in [3.63, 3.8) is 0 Å². The number of phenolic OH excluding ortho intramolecular Hbond substituents is 1. The van der Waals surface area contributed by atoms with Crippen LogP contribution < -0.4 is 5.32 Å². The molecule has 5 heteroatoms. The lowest BCUT2D eigenvalue weighted by Gasteiger charge is -2.25. The number of ether oxygens (including phenoxy) is 1. The second-order valence-electron chi connectivity index (χ2n) is 3.41. The summed E-state index contributed by atoms with van der Waals surface area (Å²) in [6.07, 6.45) is 0. The summed E-state index contributed by atoms with van der Waals surface area (Å²) in [7, 11) is 0. The van der Waals surface area contributed by atoms with Crippen LogP contribution in [-0.2, 0) is 4.74 Å². The van der Waals surface area contributed by atoms with Crippen molar-refractivity contribution in [1.82, 2.24) is 5.32 Å². The van der Waals surface area contributed by atoms with Crippen LogP contribution in [0.1, 0.15) is 11.6 Å². The van der Waals surface area contributed by atoms with Crippen LogP contribution in [0.5, 0.6) is 5.75 Å². The number of benzene rings is 1. The third-order valence-electron chi connectivity index (χ3n) is 2.35. The predicted octanol–water partition coefficient (Wildman–Crippen LogP) is 2.36. The fourth-order valence-corrected chi connectivity index (χ4v) is 2.13. The Morgan fingerprint density at radius 1 is 1.40 bits per heavy atom. The van der Waals surface area contributed by atoms with Gasteiger partial charge in [0.25, 0.3) is 0 Å². The SMILES string of the molecule is Oc1c(Cl)cc(Cl)cc1[C@@H]1COCCN1. The number of phenols is 1. The quantitative estimate of drug-likeness (QED) is 0.801. The van der Waals surface area contributed by atoms with Crippen molar-refractivity contribution in [2.45, 2.75) is 6.04 Å². The summed E-state index contributed by atoms with van der Waals surface area (Å²) in [5.41, 5.74) is 0.687. The van der Waals surface area contributed by atoms with Gasteiger partial charge in [-0.05, 0) is 12.1 Å². The van der Waals surface area contributed by atoms with E-state index in [2.05, 4.69) is 5.32 Å². The second-order valence-corrected chi connectivity index (χ2v) is 4.25. The average molecular weight is 248 g/mol. The number of hydrogen-bond acceptors (Lipinski definition) is 3. The van der Waals surface area contributed by atoms with Gasteiger partial charge in [0.15, 0.2) is 0 Å². The van der Waals surface area contributed by atoms with Crippen molar-refractivity contribution in [3.05, 3.63) is 27.7 Å². The maximum atomic E-state index is 9.79. The highest BCUT2D eigenvalue weighted by Crippen LogP contribution is 2.35. The van der Waals surface area contributed by atoms with E-state index in [0.717, 1.165) is 6.54 Å². The van der Waals surface area contributed by atoms with Gasteiger partial charge in [-0.2, -0.15) is 0 Å². The molecule has 1 aliphatic rings. The maximum absolute atomic E-state index is 9.79. The summed E-state index contributed by atoms with van der Waals surface area (Å²) in [6.45, 7) is 1.96. The van der Waals surface area contributed by atoms with Crippen LogP contribution in [0.25, 0.3) is 0 Å². The largest absolute Gasteiger partial charge is 0.506 e. The van der Waals surface area contributed by atoms with Crippen LogP contribution in [0.4, 0.5) is 0 Å². The topological polar surface area (TPSA) is 41.5 Å². The minimum absolute atomic E-state index is 0.0463. The third kappa shape index (κ3) is 2.37. The van der Waals surface area contributed by atoms with Crippen LogP contribution >= 0.6 is 23.2 Å². The summed E-state index contributed by atoms with van der Waals surface area (Å²) in [5, 5.41) is 13.8. The monoisotopic (exact) mass is 247 g/mol. The van der Waals surface area contributed by atoms with Gasteiger partial charge in [-0.3, -0.25) is 0 Å². The molecular formula is C10H11Cl2NO2. The lowest BCUT2D eigenvalue weighted by molar-refractivity contribution is 0.0761. The minimum atomic E-state index is -0.0463. The summed E-state index contributed by atoms with van der Waals surface area (Å²) in [4.78, 5) is 0. The molecule has 1 fully saturated rings. The standard InChI is InChI=1S/C10H11Cl2NO2/c11-6-3-7(10(14)8(12)4-6)9-5-15-2-1-13-9/h3-4,9,13-14H,1-2,5H2/t9-/m0/s1. The predicted molar refractivity (Wildman–Crippen MR) is 59.7 cm³/mol. The molecule has 1 atom stereocenters. The lowest BCUT2D eigenvalue weighted by Crippen LogP contribution is -2.34. The minimum Gasteiger partial charge on any atom is -0.506 e. The smallest absolute Gasteiger partial charge is 0.139 e. The zero-order valence-electron chi connectivity index (χ0n) is 7.96. The van der Waals surface area contributed by atoms with Crippen molar-refractivity contribution >= 4 is 23.2 Å². The number of nitrogens with one attached hydrogen (secondary N) is 1. The molecule has 0 aromatic heterocycles. The number of halogens is 2. The first-order chi connectivity index (χ1) is 7.18. The van der Waals surface area contributed by atoms with Crippen LogP contribution in [-0.4, -0.2) is 24.9 Å².